The van der Waals surface area contributed by atoms with E-state index < -0.39 is 0 Å². The highest BCUT2D eigenvalue weighted by Gasteiger charge is 2.18. The summed E-state index contributed by atoms with van der Waals surface area (Å²) in [5, 5.41) is 3.51. The third kappa shape index (κ3) is 4.06. The van der Waals surface area contributed by atoms with Gasteiger partial charge in [0.1, 0.15) is 5.82 Å². The van der Waals surface area contributed by atoms with Crippen molar-refractivity contribution < 1.29 is 0 Å². The van der Waals surface area contributed by atoms with Crippen LogP contribution in [0.3, 0.4) is 0 Å². The molecule has 0 bridgehead atoms. The Morgan fingerprint density at radius 1 is 1.08 bits per heavy atom. The first-order valence-electron chi connectivity index (χ1n) is 9.87. The Kier molecular flexibility index (Phi) is 5.19. The second-order valence-electron chi connectivity index (χ2n) is 7.42. The van der Waals surface area contributed by atoms with E-state index in [9.17, 15) is 0 Å². The first kappa shape index (κ1) is 17.1. The molecule has 1 aliphatic heterocycles. The van der Waals surface area contributed by atoms with Crippen molar-refractivity contribution in [2.24, 2.45) is 0 Å². The van der Waals surface area contributed by atoms with Gasteiger partial charge in [-0.25, -0.2) is 4.98 Å². The number of hydrogen-bond donors (Lipinski definition) is 1. The van der Waals surface area contributed by atoms with Gasteiger partial charge in [-0.3, -0.25) is 0 Å². The number of aryl methyl sites for hydroxylation is 1. The summed E-state index contributed by atoms with van der Waals surface area (Å²) in [5.41, 5.74) is 5.47. The molecule has 1 aromatic heterocycles. The number of fused-ring (bicyclic) bond motifs is 1. The minimum absolute atomic E-state index is 0.846. The van der Waals surface area contributed by atoms with Crippen molar-refractivity contribution in [2.45, 2.75) is 52.0 Å². The molecular weight excluding hydrogens is 320 g/mol. The number of rotatable bonds is 5. The molecule has 4 rings (SSSR count). The van der Waals surface area contributed by atoms with Gasteiger partial charge < -0.3 is 10.2 Å². The average Bonchev–Trinajstić information content (AvgIpc) is 2.68. The predicted molar refractivity (Wildman–Crippen MR) is 108 cm³/mol. The van der Waals surface area contributed by atoms with Crippen molar-refractivity contribution in [1.82, 2.24) is 9.97 Å². The van der Waals surface area contributed by atoms with Crippen molar-refractivity contribution in [3.05, 3.63) is 58.8 Å². The van der Waals surface area contributed by atoms with Gasteiger partial charge in [-0.1, -0.05) is 35.9 Å². The van der Waals surface area contributed by atoms with E-state index in [1.807, 2.05) is 0 Å². The Morgan fingerprint density at radius 3 is 2.81 bits per heavy atom. The molecule has 2 aliphatic rings. The minimum Gasteiger partial charge on any atom is -0.370 e. The summed E-state index contributed by atoms with van der Waals surface area (Å²) < 4.78 is 0. The predicted octanol–water partition coefficient (Wildman–Crippen LogP) is 4.65. The van der Waals surface area contributed by atoms with Crippen molar-refractivity contribution in [3.63, 3.8) is 0 Å². The molecule has 0 atom stereocenters. The van der Waals surface area contributed by atoms with Crippen LogP contribution in [0.1, 0.15) is 48.9 Å². The highest BCUT2D eigenvalue weighted by atomic mass is 15.3. The van der Waals surface area contributed by atoms with Gasteiger partial charge in [0.15, 0.2) is 0 Å². The zero-order chi connectivity index (χ0) is 17.8. The zero-order valence-corrected chi connectivity index (χ0v) is 15.7. The van der Waals surface area contributed by atoms with E-state index in [-0.39, 0.29) is 0 Å². The van der Waals surface area contributed by atoms with Crippen molar-refractivity contribution in [1.29, 1.82) is 0 Å². The van der Waals surface area contributed by atoms with E-state index in [1.165, 1.54) is 36.8 Å². The van der Waals surface area contributed by atoms with Gasteiger partial charge in [-0.05, 0) is 56.6 Å². The van der Waals surface area contributed by atoms with E-state index in [0.29, 0.717) is 0 Å². The van der Waals surface area contributed by atoms with Gasteiger partial charge in [0.25, 0.3) is 0 Å². The molecule has 4 heteroatoms. The highest BCUT2D eigenvalue weighted by molar-refractivity contribution is 5.46. The van der Waals surface area contributed by atoms with Crippen LogP contribution in [-0.2, 0) is 13.0 Å². The van der Waals surface area contributed by atoms with Crippen LogP contribution >= 0.6 is 0 Å². The molecule has 0 saturated carbocycles. The lowest BCUT2D eigenvalue weighted by molar-refractivity contribution is 0.679. The molecule has 0 amide bonds. The van der Waals surface area contributed by atoms with E-state index >= 15 is 0 Å². The Balaban J connectivity index is 1.42. The summed E-state index contributed by atoms with van der Waals surface area (Å²) in [6.45, 7) is 4.88. The number of aromatic nitrogens is 2. The van der Waals surface area contributed by atoms with E-state index in [4.69, 9.17) is 9.97 Å². The lowest BCUT2D eigenvalue weighted by Gasteiger charge is -2.29. The van der Waals surface area contributed by atoms with Crippen LogP contribution in [0.4, 0.5) is 11.8 Å². The van der Waals surface area contributed by atoms with Crippen LogP contribution in [0.25, 0.3) is 0 Å². The van der Waals surface area contributed by atoms with Crippen LogP contribution in [0.2, 0.25) is 0 Å². The summed E-state index contributed by atoms with van der Waals surface area (Å²) in [6, 6.07) is 10.7. The zero-order valence-electron chi connectivity index (χ0n) is 15.7. The molecule has 0 radical (unpaired) electrons. The maximum atomic E-state index is 4.80. The number of benzene rings is 1. The van der Waals surface area contributed by atoms with Crippen LogP contribution < -0.4 is 10.2 Å². The fourth-order valence-electron chi connectivity index (χ4n) is 3.93. The molecule has 2 heterocycles. The summed E-state index contributed by atoms with van der Waals surface area (Å²) in [5.74, 6) is 1.79. The van der Waals surface area contributed by atoms with E-state index in [0.717, 1.165) is 49.9 Å². The quantitative estimate of drug-likeness (QED) is 0.799. The third-order valence-electron chi connectivity index (χ3n) is 5.39. The molecule has 0 unspecified atom stereocenters. The van der Waals surface area contributed by atoms with Crippen molar-refractivity contribution in [3.8, 4) is 0 Å². The van der Waals surface area contributed by atoms with Crippen molar-refractivity contribution >= 4 is 11.8 Å². The number of nitrogens with zero attached hydrogens (tertiary/aromatic N) is 3. The minimum atomic E-state index is 0.846. The SMILES string of the molecule is Cc1cc(NCCC2=CCCCC2)nc(N2CCc3ccccc3C2)n1. The molecule has 1 aliphatic carbocycles. The Morgan fingerprint density at radius 2 is 1.96 bits per heavy atom. The Labute approximate surface area is 156 Å². The largest absolute Gasteiger partial charge is 0.370 e. The number of anilines is 2. The molecule has 2 aromatic rings. The van der Waals surface area contributed by atoms with Crippen molar-refractivity contribution in [2.75, 3.05) is 23.3 Å². The fourth-order valence-corrected chi connectivity index (χ4v) is 3.93. The highest BCUT2D eigenvalue weighted by Crippen LogP contribution is 2.24. The monoisotopic (exact) mass is 348 g/mol. The molecule has 0 fully saturated rings. The van der Waals surface area contributed by atoms with Crippen LogP contribution in [0, 0.1) is 6.92 Å². The second-order valence-corrected chi connectivity index (χ2v) is 7.42. The molecule has 26 heavy (non-hydrogen) atoms. The molecule has 1 N–H and O–H groups in total. The maximum Gasteiger partial charge on any atom is 0.227 e. The topological polar surface area (TPSA) is 41.1 Å². The number of hydrogen-bond acceptors (Lipinski definition) is 4. The van der Waals surface area contributed by atoms with Gasteiger partial charge in [0.2, 0.25) is 5.95 Å². The Hall–Kier alpha value is -2.36. The van der Waals surface area contributed by atoms with Gasteiger partial charge >= 0.3 is 0 Å². The van der Waals surface area contributed by atoms with Gasteiger partial charge in [-0.2, -0.15) is 4.98 Å². The average molecular weight is 348 g/mol. The first-order chi connectivity index (χ1) is 12.8. The Bertz CT molecular complexity index is 796. The van der Waals surface area contributed by atoms with Crippen LogP contribution in [0.15, 0.2) is 42.0 Å². The summed E-state index contributed by atoms with van der Waals surface area (Å²) >= 11 is 0. The second kappa shape index (κ2) is 7.90. The number of allylic oxidation sites excluding steroid dienone is 1. The number of nitrogens with one attached hydrogen (secondary N) is 1. The maximum absolute atomic E-state index is 4.80. The molecule has 0 spiro atoms. The summed E-state index contributed by atoms with van der Waals surface area (Å²) in [4.78, 5) is 11.8. The molecule has 136 valence electrons. The molecule has 0 saturated heterocycles. The standard InChI is InChI=1S/C22H28N4/c1-17-15-21(23-13-11-18-7-3-2-4-8-18)25-22(24-17)26-14-12-19-9-5-6-10-20(19)16-26/h5-7,9-10,15H,2-4,8,11-14,16H2,1H3,(H,23,24,25). The lowest BCUT2D eigenvalue weighted by Crippen LogP contribution is -2.32. The van der Waals surface area contributed by atoms with Crippen LogP contribution in [0.5, 0.6) is 0 Å². The lowest BCUT2D eigenvalue weighted by atomic mass is 9.97. The molecular formula is C22H28N4. The molecule has 4 nitrogen and oxygen atoms in total. The normalized spacial score (nSPS) is 16.8. The van der Waals surface area contributed by atoms with E-state index in [1.54, 1.807) is 5.57 Å². The van der Waals surface area contributed by atoms with Gasteiger partial charge in [0.05, 0.1) is 0 Å². The molecule has 1 aromatic carbocycles. The smallest absolute Gasteiger partial charge is 0.227 e. The van der Waals surface area contributed by atoms with Gasteiger partial charge in [0, 0.05) is 31.4 Å². The fraction of sp³-hybridized carbons (Fsp3) is 0.455. The van der Waals surface area contributed by atoms with Gasteiger partial charge in [-0.15, -0.1) is 0 Å². The summed E-state index contributed by atoms with van der Waals surface area (Å²) in [6.07, 6.45) is 9.82. The first-order valence-corrected chi connectivity index (χ1v) is 9.87. The van der Waals surface area contributed by atoms with Crippen LogP contribution in [-0.4, -0.2) is 23.1 Å². The third-order valence-corrected chi connectivity index (χ3v) is 5.39. The van der Waals surface area contributed by atoms with E-state index in [2.05, 4.69) is 53.5 Å². The summed E-state index contributed by atoms with van der Waals surface area (Å²) in [7, 11) is 0.